The maximum absolute atomic E-state index is 14.3. The first-order valence-electron chi connectivity index (χ1n) is 8.64. The van der Waals surface area contributed by atoms with Crippen LogP contribution in [0.1, 0.15) is 42.5 Å². The molecule has 0 saturated heterocycles. The molecule has 2 aromatic heterocycles. The Morgan fingerprint density at radius 1 is 1.35 bits per heavy atom. The van der Waals surface area contributed by atoms with Crippen molar-refractivity contribution in [3.05, 3.63) is 52.8 Å². The number of fused-ring (bicyclic) bond motifs is 1. The number of nitrogens with zero attached hydrogens (tertiary/aromatic N) is 1. The molecule has 5 nitrogen and oxygen atoms in total. The van der Waals surface area contributed by atoms with E-state index in [-0.39, 0.29) is 17.1 Å². The summed E-state index contributed by atoms with van der Waals surface area (Å²) in [5.41, 5.74) is 2.58. The van der Waals surface area contributed by atoms with Crippen LogP contribution in [0.25, 0.3) is 23.1 Å². The number of carbonyl (C=O) groups is 1. The van der Waals surface area contributed by atoms with Crippen LogP contribution in [0.4, 0.5) is 4.39 Å². The maximum Gasteiger partial charge on any atom is 0.226 e. The molecule has 1 aliphatic rings. The molecule has 1 saturated carbocycles. The number of rotatable bonds is 5. The third kappa shape index (κ3) is 3.27. The van der Waals surface area contributed by atoms with Crippen LogP contribution in [-0.4, -0.2) is 16.0 Å². The predicted octanol–water partition coefficient (Wildman–Crippen LogP) is 4.19. The van der Waals surface area contributed by atoms with E-state index >= 15 is 0 Å². The summed E-state index contributed by atoms with van der Waals surface area (Å²) in [6, 6.07) is 6.89. The van der Waals surface area contributed by atoms with Gasteiger partial charge >= 0.3 is 0 Å². The second-order valence-electron chi connectivity index (χ2n) is 7.19. The van der Waals surface area contributed by atoms with Crippen LogP contribution in [0.2, 0.25) is 0 Å². The molecule has 2 N–H and O–H groups in total. The Morgan fingerprint density at radius 2 is 2.15 bits per heavy atom. The molecule has 4 rings (SSSR count). The molecule has 1 aliphatic carbocycles. The zero-order chi connectivity index (χ0) is 18.3. The van der Waals surface area contributed by atoms with Gasteiger partial charge in [0.1, 0.15) is 17.3 Å². The standard InChI is InChI=1S/C20H20FN3O2/c1-12-7-15(24-26-12)4-3-13-10-18-14(9-17(13)21)8-16(23-18)11-22-19(25)20(2)5-6-20/h3-4,7-10,23H,5-6,11H2,1-2H3,(H,22,25). The molecule has 0 bridgehead atoms. The molecule has 1 aromatic carbocycles. The highest BCUT2D eigenvalue weighted by molar-refractivity contribution is 5.86. The number of halogens is 1. The number of hydrogen-bond acceptors (Lipinski definition) is 3. The van der Waals surface area contributed by atoms with Gasteiger partial charge in [-0.25, -0.2) is 4.39 Å². The molecular formula is C20H20FN3O2. The number of benzene rings is 1. The molecule has 2 heterocycles. The Kier molecular flexibility index (Phi) is 3.90. The van der Waals surface area contributed by atoms with Gasteiger partial charge in [-0.2, -0.15) is 0 Å². The molecular weight excluding hydrogens is 333 g/mol. The molecule has 6 heteroatoms. The fourth-order valence-electron chi connectivity index (χ4n) is 2.90. The number of aromatic amines is 1. The highest BCUT2D eigenvalue weighted by atomic mass is 19.1. The zero-order valence-corrected chi connectivity index (χ0v) is 14.7. The lowest BCUT2D eigenvalue weighted by molar-refractivity contribution is -0.125. The van der Waals surface area contributed by atoms with E-state index in [9.17, 15) is 9.18 Å². The number of amides is 1. The smallest absolute Gasteiger partial charge is 0.226 e. The largest absolute Gasteiger partial charge is 0.361 e. The summed E-state index contributed by atoms with van der Waals surface area (Å²) in [6.07, 6.45) is 5.26. The number of H-pyrrole nitrogens is 1. The van der Waals surface area contributed by atoms with Gasteiger partial charge in [-0.3, -0.25) is 4.79 Å². The maximum atomic E-state index is 14.3. The topological polar surface area (TPSA) is 70.9 Å². The van der Waals surface area contributed by atoms with Gasteiger partial charge in [0.05, 0.1) is 6.54 Å². The molecule has 134 valence electrons. The first-order chi connectivity index (χ1) is 12.4. The van der Waals surface area contributed by atoms with E-state index in [1.807, 2.05) is 13.0 Å². The summed E-state index contributed by atoms with van der Waals surface area (Å²) in [7, 11) is 0. The van der Waals surface area contributed by atoms with Gasteiger partial charge in [0, 0.05) is 33.6 Å². The quantitative estimate of drug-likeness (QED) is 0.722. The number of aromatic nitrogens is 2. The number of aryl methyl sites for hydroxylation is 1. The van der Waals surface area contributed by atoms with Crippen molar-refractivity contribution in [2.24, 2.45) is 5.41 Å². The minimum absolute atomic E-state index is 0.0777. The molecule has 26 heavy (non-hydrogen) atoms. The third-order valence-electron chi connectivity index (χ3n) is 4.86. The van der Waals surface area contributed by atoms with Crippen LogP contribution in [-0.2, 0) is 11.3 Å². The first-order valence-corrected chi connectivity index (χ1v) is 8.64. The second-order valence-corrected chi connectivity index (χ2v) is 7.19. The van der Waals surface area contributed by atoms with E-state index in [0.29, 0.717) is 23.6 Å². The van der Waals surface area contributed by atoms with Crippen LogP contribution in [0.5, 0.6) is 0 Å². The fraction of sp³-hybridized carbons (Fsp3) is 0.300. The Balaban J connectivity index is 1.52. The molecule has 1 amide bonds. The van der Waals surface area contributed by atoms with Gasteiger partial charge in [-0.15, -0.1) is 0 Å². The Bertz CT molecular complexity index is 1010. The van der Waals surface area contributed by atoms with Crippen LogP contribution in [0, 0.1) is 18.2 Å². The molecule has 3 aromatic rings. The van der Waals surface area contributed by atoms with Gasteiger partial charge in [-0.05, 0) is 50.1 Å². The second kappa shape index (κ2) is 6.12. The van der Waals surface area contributed by atoms with Gasteiger partial charge in [0.15, 0.2) is 0 Å². The lowest BCUT2D eigenvalue weighted by Crippen LogP contribution is -2.29. The van der Waals surface area contributed by atoms with Crippen molar-refractivity contribution in [3.8, 4) is 0 Å². The summed E-state index contributed by atoms with van der Waals surface area (Å²) in [4.78, 5) is 15.3. The van der Waals surface area contributed by atoms with Crippen LogP contribution in [0.15, 0.2) is 28.8 Å². The fourth-order valence-corrected chi connectivity index (χ4v) is 2.90. The van der Waals surface area contributed by atoms with Crippen molar-refractivity contribution in [1.82, 2.24) is 15.5 Å². The van der Waals surface area contributed by atoms with Crippen LogP contribution < -0.4 is 5.32 Å². The average molecular weight is 353 g/mol. The molecule has 0 radical (unpaired) electrons. The summed E-state index contributed by atoms with van der Waals surface area (Å²) < 4.78 is 19.3. The summed E-state index contributed by atoms with van der Waals surface area (Å²) in [5, 5.41) is 7.58. The number of nitrogens with one attached hydrogen (secondary N) is 2. The van der Waals surface area contributed by atoms with Crippen molar-refractivity contribution in [3.63, 3.8) is 0 Å². The highest BCUT2D eigenvalue weighted by Gasteiger charge is 2.44. The first kappa shape index (κ1) is 16.6. The normalized spacial score (nSPS) is 15.7. The van der Waals surface area contributed by atoms with Gasteiger partial charge < -0.3 is 14.8 Å². The van der Waals surface area contributed by atoms with Crippen molar-refractivity contribution in [2.75, 3.05) is 0 Å². The highest BCUT2D eigenvalue weighted by Crippen LogP contribution is 2.45. The molecule has 0 aliphatic heterocycles. The molecule has 1 fully saturated rings. The van der Waals surface area contributed by atoms with Gasteiger partial charge in [-0.1, -0.05) is 12.1 Å². The Hall–Kier alpha value is -2.89. The van der Waals surface area contributed by atoms with Gasteiger partial charge in [0.25, 0.3) is 0 Å². The minimum Gasteiger partial charge on any atom is -0.361 e. The van der Waals surface area contributed by atoms with E-state index in [0.717, 1.165) is 29.4 Å². The van der Waals surface area contributed by atoms with E-state index in [2.05, 4.69) is 15.5 Å². The summed E-state index contributed by atoms with van der Waals surface area (Å²) in [6.45, 7) is 4.19. The summed E-state index contributed by atoms with van der Waals surface area (Å²) >= 11 is 0. The third-order valence-corrected chi connectivity index (χ3v) is 4.86. The van der Waals surface area contributed by atoms with E-state index < -0.39 is 0 Å². The van der Waals surface area contributed by atoms with Crippen molar-refractivity contribution >= 4 is 29.0 Å². The minimum atomic E-state index is -0.311. The Morgan fingerprint density at radius 3 is 2.85 bits per heavy atom. The number of carbonyl (C=O) groups excluding carboxylic acids is 1. The van der Waals surface area contributed by atoms with Crippen molar-refractivity contribution < 1.29 is 13.7 Å². The lowest BCUT2D eigenvalue weighted by atomic mass is 10.1. The van der Waals surface area contributed by atoms with E-state index in [1.165, 1.54) is 6.07 Å². The van der Waals surface area contributed by atoms with Gasteiger partial charge in [0.2, 0.25) is 5.91 Å². The zero-order valence-electron chi connectivity index (χ0n) is 14.7. The van der Waals surface area contributed by atoms with E-state index in [4.69, 9.17) is 4.52 Å². The molecule has 0 unspecified atom stereocenters. The van der Waals surface area contributed by atoms with Crippen molar-refractivity contribution in [1.29, 1.82) is 0 Å². The predicted molar refractivity (Wildman–Crippen MR) is 97.6 cm³/mol. The SMILES string of the molecule is Cc1cc(C=Cc2cc3[nH]c(CNC(=O)C4(C)CC4)cc3cc2F)no1. The van der Waals surface area contributed by atoms with Crippen LogP contribution >= 0.6 is 0 Å². The number of hydrogen-bond donors (Lipinski definition) is 2. The van der Waals surface area contributed by atoms with E-state index in [1.54, 1.807) is 31.2 Å². The monoisotopic (exact) mass is 353 g/mol. The van der Waals surface area contributed by atoms with Crippen LogP contribution in [0.3, 0.4) is 0 Å². The van der Waals surface area contributed by atoms with Crippen molar-refractivity contribution in [2.45, 2.75) is 33.2 Å². The molecule has 0 spiro atoms. The summed E-state index contributed by atoms with van der Waals surface area (Å²) in [5.74, 6) is 0.472. The average Bonchev–Trinajstić information content (AvgIpc) is 3.04. The Labute approximate surface area is 150 Å². The molecule has 0 atom stereocenters. The lowest BCUT2D eigenvalue weighted by Gasteiger charge is -2.08.